The van der Waals surface area contributed by atoms with Crippen LogP contribution in [0.25, 0.3) is 0 Å². The lowest BCUT2D eigenvalue weighted by molar-refractivity contribution is 0.698. The highest BCUT2D eigenvalue weighted by atomic mass is 79.9. The Morgan fingerprint density at radius 2 is 2.29 bits per heavy atom. The van der Waals surface area contributed by atoms with E-state index in [4.69, 9.17) is 5.26 Å². The van der Waals surface area contributed by atoms with E-state index >= 15 is 0 Å². The number of nitrogens with one attached hydrogen (secondary N) is 1. The second-order valence-electron chi connectivity index (χ2n) is 3.46. The van der Waals surface area contributed by atoms with Crippen LogP contribution in [0.4, 0.5) is 0 Å². The molecule has 2 aromatic heterocycles. The third-order valence-electron chi connectivity index (χ3n) is 2.24. The van der Waals surface area contributed by atoms with Crippen molar-refractivity contribution in [3.8, 4) is 6.07 Å². The number of nitriles is 1. The van der Waals surface area contributed by atoms with E-state index in [2.05, 4.69) is 31.6 Å². The Bertz CT molecular complexity index is 545. The second-order valence-corrected chi connectivity index (χ2v) is 5.31. The first-order chi connectivity index (χ1) is 8.29. The SMILES string of the molecule is N#Cc1cc(CNCc2sccc2Br)ccn1. The van der Waals surface area contributed by atoms with Gasteiger partial charge in [0.1, 0.15) is 11.8 Å². The molecular formula is C12H10BrN3S. The minimum absolute atomic E-state index is 0.460. The summed E-state index contributed by atoms with van der Waals surface area (Å²) in [6.07, 6.45) is 1.66. The molecule has 0 aromatic carbocycles. The van der Waals surface area contributed by atoms with E-state index in [0.29, 0.717) is 5.69 Å². The van der Waals surface area contributed by atoms with Crippen molar-refractivity contribution in [1.82, 2.24) is 10.3 Å². The molecule has 0 spiro atoms. The average Bonchev–Trinajstić information content (AvgIpc) is 2.76. The first-order valence-corrected chi connectivity index (χ1v) is 6.74. The van der Waals surface area contributed by atoms with Gasteiger partial charge in [-0.3, -0.25) is 0 Å². The predicted molar refractivity (Wildman–Crippen MR) is 71.5 cm³/mol. The zero-order valence-electron chi connectivity index (χ0n) is 8.98. The van der Waals surface area contributed by atoms with E-state index in [0.717, 1.165) is 23.1 Å². The van der Waals surface area contributed by atoms with Gasteiger partial charge >= 0.3 is 0 Å². The van der Waals surface area contributed by atoms with Crippen LogP contribution in [0.5, 0.6) is 0 Å². The van der Waals surface area contributed by atoms with Gasteiger partial charge < -0.3 is 5.32 Å². The maximum atomic E-state index is 8.74. The number of aromatic nitrogens is 1. The van der Waals surface area contributed by atoms with Gasteiger partial charge in [-0.2, -0.15) is 5.26 Å². The molecular weight excluding hydrogens is 298 g/mol. The van der Waals surface area contributed by atoms with Gasteiger partial charge in [-0.1, -0.05) is 0 Å². The van der Waals surface area contributed by atoms with Crippen LogP contribution in [0, 0.1) is 11.3 Å². The van der Waals surface area contributed by atoms with E-state index < -0.39 is 0 Å². The van der Waals surface area contributed by atoms with Crippen molar-refractivity contribution in [2.45, 2.75) is 13.1 Å². The molecule has 3 nitrogen and oxygen atoms in total. The molecule has 5 heteroatoms. The average molecular weight is 308 g/mol. The molecule has 0 saturated carbocycles. The number of nitrogens with zero attached hydrogens (tertiary/aromatic N) is 2. The molecule has 0 amide bonds. The fourth-order valence-electron chi connectivity index (χ4n) is 1.42. The molecule has 0 unspecified atom stereocenters. The molecule has 0 aliphatic carbocycles. The molecule has 0 fully saturated rings. The highest BCUT2D eigenvalue weighted by Crippen LogP contribution is 2.22. The summed E-state index contributed by atoms with van der Waals surface area (Å²) in [6, 6.07) is 7.80. The van der Waals surface area contributed by atoms with Gasteiger partial charge in [0.25, 0.3) is 0 Å². The van der Waals surface area contributed by atoms with Crippen LogP contribution in [0.1, 0.15) is 16.1 Å². The minimum atomic E-state index is 0.460. The maximum absolute atomic E-state index is 8.74. The van der Waals surface area contributed by atoms with Crippen molar-refractivity contribution in [3.05, 3.63) is 50.4 Å². The lowest BCUT2D eigenvalue weighted by Crippen LogP contribution is -2.12. The smallest absolute Gasteiger partial charge is 0.140 e. The Morgan fingerprint density at radius 3 is 3.00 bits per heavy atom. The summed E-state index contributed by atoms with van der Waals surface area (Å²) in [5.41, 5.74) is 1.53. The van der Waals surface area contributed by atoms with Crippen LogP contribution >= 0.6 is 27.3 Å². The van der Waals surface area contributed by atoms with Crippen molar-refractivity contribution in [2.75, 3.05) is 0 Å². The third-order valence-corrected chi connectivity index (χ3v) is 4.17. The van der Waals surface area contributed by atoms with Crippen LogP contribution in [0.2, 0.25) is 0 Å². The Kier molecular flexibility index (Phi) is 4.26. The number of pyridine rings is 1. The topological polar surface area (TPSA) is 48.7 Å². The summed E-state index contributed by atoms with van der Waals surface area (Å²) in [5.74, 6) is 0. The number of thiophene rings is 1. The second kappa shape index (κ2) is 5.92. The van der Waals surface area contributed by atoms with Crippen LogP contribution in [0.15, 0.2) is 34.2 Å². The third kappa shape index (κ3) is 3.37. The number of hydrogen-bond acceptors (Lipinski definition) is 4. The highest BCUT2D eigenvalue weighted by molar-refractivity contribution is 9.10. The van der Waals surface area contributed by atoms with Gasteiger partial charge in [-0.15, -0.1) is 11.3 Å². The summed E-state index contributed by atoms with van der Waals surface area (Å²) < 4.78 is 1.14. The predicted octanol–water partition coefficient (Wildman–Crippen LogP) is 3.07. The highest BCUT2D eigenvalue weighted by Gasteiger charge is 2.01. The van der Waals surface area contributed by atoms with E-state index in [9.17, 15) is 0 Å². The first kappa shape index (κ1) is 12.2. The molecule has 2 rings (SSSR count). The number of hydrogen-bond donors (Lipinski definition) is 1. The fraction of sp³-hybridized carbons (Fsp3) is 0.167. The first-order valence-electron chi connectivity index (χ1n) is 5.07. The van der Waals surface area contributed by atoms with E-state index in [1.54, 1.807) is 23.6 Å². The maximum Gasteiger partial charge on any atom is 0.140 e. The summed E-state index contributed by atoms with van der Waals surface area (Å²) in [4.78, 5) is 5.21. The van der Waals surface area contributed by atoms with Crippen molar-refractivity contribution < 1.29 is 0 Å². The molecule has 0 aliphatic rings. The minimum Gasteiger partial charge on any atom is -0.308 e. The summed E-state index contributed by atoms with van der Waals surface area (Å²) in [6.45, 7) is 1.56. The zero-order chi connectivity index (χ0) is 12.1. The summed E-state index contributed by atoms with van der Waals surface area (Å²) in [5, 5.41) is 14.1. The van der Waals surface area contributed by atoms with Gasteiger partial charge in [0.05, 0.1) is 0 Å². The Morgan fingerprint density at radius 1 is 1.41 bits per heavy atom. The number of rotatable bonds is 4. The zero-order valence-corrected chi connectivity index (χ0v) is 11.4. The molecule has 0 atom stereocenters. The Hall–Kier alpha value is -1.22. The van der Waals surface area contributed by atoms with E-state index in [-0.39, 0.29) is 0 Å². The molecule has 0 bridgehead atoms. The van der Waals surface area contributed by atoms with Gasteiger partial charge in [0.2, 0.25) is 0 Å². The van der Waals surface area contributed by atoms with Crippen LogP contribution in [0.3, 0.4) is 0 Å². The molecule has 0 saturated heterocycles. The van der Waals surface area contributed by atoms with Crippen molar-refractivity contribution in [3.63, 3.8) is 0 Å². The Labute approximate surface area is 112 Å². The van der Waals surface area contributed by atoms with Crippen molar-refractivity contribution in [2.24, 2.45) is 0 Å². The molecule has 2 aromatic rings. The fourth-order valence-corrected chi connectivity index (χ4v) is 2.88. The summed E-state index contributed by atoms with van der Waals surface area (Å²) >= 11 is 5.21. The van der Waals surface area contributed by atoms with Gasteiger partial charge in [-0.05, 0) is 45.1 Å². The normalized spacial score (nSPS) is 10.1. The van der Waals surface area contributed by atoms with Crippen molar-refractivity contribution >= 4 is 27.3 Å². The monoisotopic (exact) mass is 307 g/mol. The van der Waals surface area contributed by atoms with Gasteiger partial charge in [0, 0.05) is 28.6 Å². The molecule has 0 aliphatic heterocycles. The molecule has 86 valence electrons. The Balaban J connectivity index is 1.90. The van der Waals surface area contributed by atoms with Crippen LogP contribution < -0.4 is 5.32 Å². The molecule has 2 heterocycles. The van der Waals surface area contributed by atoms with Crippen molar-refractivity contribution in [1.29, 1.82) is 5.26 Å². The molecule has 0 radical (unpaired) electrons. The van der Waals surface area contributed by atoms with E-state index in [1.807, 2.05) is 18.2 Å². The molecule has 1 N–H and O–H groups in total. The lowest BCUT2D eigenvalue weighted by Gasteiger charge is -2.04. The summed E-state index contributed by atoms with van der Waals surface area (Å²) in [7, 11) is 0. The van der Waals surface area contributed by atoms with Gasteiger partial charge in [-0.25, -0.2) is 4.98 Å². The largest absolute Gasteiger partial charge is 0.308 e. The standard InChI is InChI=1S/C12H10BrN3S/c13-11-2-4-17-12(11)8-15-7-9-1-3-16-10(5-9)6-14/h1-5,15H,7-8H2. The van der Waals surface area contributed by atoms with E-state index in [1.165, 1.54) is 4.88 Å². The van der Waals surface area contributed by atoms with Crippen LogP contribution in [-0.4, -0.2) is 4.98 Å². The number of halogens is 1. The molecule has 17 heavy (non-hydrogen) atoms. The lowest BCUT2D eigenvalue weighted by atomic mass is 10.2. The quantitative estimate of drug-likeness (QED) is 0.944. The van der Waals surface area contributed by atoms with Gasteiger partial charge in [0.15, 0.2) is 0 Å². The van der Waals surface area contributed by atoms with Crippen LogP contribution in [-0.2, 0) is 13.1 Å².